The molecule has 1 amide bonds. The number of nitrogens with zero attached hydrogens (tertiary/aromatic N) is 4. The van der Waals surface area contributed by atoms with Crippen molar-refractivity contribution in [1.82, 2.24) is 14.9 Å². The number of carbonyl (C=O) groups is 1. The maximum absolute atomic E-state index is 12.6. The number of para-hydroxylation sites is 1. The molecule has 168 valence electrons. The van der Waals surface area contributed by atoms with Gasteiger partial charge in [0.2, 0.25) is 0 Å². The van der Waals surface area contributed by atoms with Gasteiger partial charge in [-0.3, -0.25) is 14.9 Å². The third-order valence-electron chi connectivity index (χ3n) is 6.02. The summed E-state index contributed by atoms with van der Waals surface area (Å²) in [5.41, 5.74) is 2.30. The Labute approximate surface area is 186 Å². The second-order valence-corrected chi connectivity index (χ2v) is 8.56. The Morgan fingerprint density at radius 2 is 1.84 bits per heavy atom. The van der Waals surface area contributed by atoms with E-state index in [1.54, 1.807) is 7.05 Å². The zero-order valence-electron chi connectivity index (χ0n) is 18.5. The van der Waals surface area contributed by atoms with E-state index in [1.807, 2.05) is 32.3 Å². The number of nitro groups is 1. The highest BCUT2D eigenvalue weighted by Gasteiger charge is 2.25. The number of fused-ring (bicyclic) bond motifs is 1. The van der Waals surface area contributed by atoms with E-state index in [0.29, 0.717) is 5.69 Å². The van der Waals surface area contributed by atoms with E-state index >= 15 is 0 Å². The van der Waals surface area contributed by atoms with Crippen molar-refractivity contribution in [3.63, 3.8) is 0 Å². The zero-order chi connectivity index (χ0) is 22.8. The first-order valence-electron chi connectivity index (χ1n) is 10.8. The van der Waals surface area contributed by atoms with Crippen LogP contribution in [0.1, 0.15) is 36.2 Å². The number of aryl methyl sites for hydroxylation is 1. The Bertz CT molecular complexity index is 1150. The summed E-state index contributed by atoms with van der Waals surface area (Å²) >= 11 is 0. The van der Waals surface area contributed by atoms with Crippen molar-refractivity contribution in [3.05, 3.63) is 58.4 Å². The Hall–Kier alpha value is -3.62. The highest BCUT2D eigenvalue weighted by atomic mass is 16.6. The van der Waals surface area contributed by atoms with Crippen LogP contribution in [0, 0.1) is 10.1 Å². The molecule has 0 radical (unpaired) electrons. The van der Waals surface area contributed by atoms with Gasteiger partial charge in [-0.15, -0.1) is 0 Å². The molecule has 1 saturated carbocycles. The molecule has 0 atom stereocenters. The molecule has 1 aliphatic carbocycles. The third kappa shape index (κ3) is 4.51. The van der Waals surface area contributed by atoms with E-state index < -0.39 is 4.92 Å². The summed E-state index contributed by atoms with van der Waals surface area (Å²) in [5.74, 6) is 0.583. The van der Waals surface area contributed by atoms with Crippen LogP contribution < -0.4 is 15.5 Å². The Morgan fingerprint density at radius 3 is 2.50 bits per heavy atom. The number of nitrogens with one attached hydrogen (secondary N) is 2. The second kappa shape index (κ2) is 8.86. The van der Waals surface area contributed by atoms with Crippen LogP contribution in [0.4, 0.5) is 17.2 Å². The van der Waals surface area contributed by atoms with Gasteiger partial charge in [-0.05, 0) is 31.7 Å². The minimum atomic E-state index is -0.490. The van der Waals surface area contributed by atoms with E-state index in [1.165, 1.54) is 16.8 Å². The predicted molar refractivity (Wildman–Crippen MR) is 125 cm³/mol. The Kier molecular flexibility index (Phi) is 5.98. The van der Waals surface area contributed by atoms with Crippen LogP contribution >= 0.6 is 0 Å². The Morgan fingerprint density at radius 1 is 1.16 bits per heavy atom. The van der Waals surface area contributed by atoms with Crippen LogP contribution in [0.5, 0.6) is 0 Å². The van der Waals surface area contributed by atoms with Crippen molar-refractivity contribution in [2.75, 3.05) is 24.3 Å². The minimum Gasteiger partial charge on any atom is -0.377 e. The van der Waals surface area contributed by atoms with Gasteiger partial charge in [-0.1, -0.05) is 18.2 Å². The molecule has 0 unspecified atom stereocenters. The largest absolute Gasteiger partial charge is 0.377 e. The summed E-state index contributed by atoms with van der Waals surface area (Å²) in [6.07, 6.45) is 4.84. The van der Waals surface area contributed by atoms with E-state index in [2.05, 4.69) is 27.7 Å². The number of hydrogen-bond donors (Lipinski definition) is 2. The Balaban J connectivity index is 1.37. The van der Waals surface area contributed by atoms with Crippen LogP contribution in [0.25, 0.3) is 10.9 Å². The van der Waals surface area contributed by atoms with Crippen LogP contribution in [-0.2, 0) is 7.05 Å². The van der Waals surface area contributed by atoms with Crippen LogP contribution in [0.2, 0.25) is 0 Å². The number of hydrogen-bond acceptors (Lipinski definition) is 6. The molecule has 4 rings (SSSR count). The third-order valence-corrected chi connectivity index (χ3v) is 6.02. The van der Waals surface area contributed by atoms with E-state index in [-0.39, 0.29) is 23.7 Å². The number of benzene rings is 1. The van der Waals surface area contributed by atoms with Gasteiger partial charge in [-0.2, -0.15) is 0 Å². The number of pyridine rings is 1. The first-order chi connectivity index (χ1) is 15.3. The van der Waals surface area contributed by atoms with Crippen LogP contribution in [-0.4, -0.2) is 46.6 Å². The van der Waals surface area contributed by atoms with Crippen molar-refractivity contribution in [1.29, 1.82) is 0 Å². The standard InChI is InChI=1S/C23H28N6O3/c1-27(2)20-13-22(26-19-7-5-4-6-18(19)20)24-15-8-10-16(11-9-15)25-23(30)21-12-17(29(31)32)14-28(21)3/h4-7,12-16H,8-11H2,1-3H3,(H,24,26)(H,25,30)/t15-,16+. The molecule has 0 spiro atoms. The van der Waals surface area contributed by atoms with Gasteiger partial charge in [0.15, 0.2) is 0 Å². The lowest BCUT2D eigenvalue weighted by molar-refractivity contribution is -0.384. The summed E-state index contributed by atoms with van der Waals surface area (Å²) in [6.45, 7) is 0. The normalized spacial score (nSPS) is 18.3. The van der Waals surface area contributed by atoms with Crippen molar-refractivity contribution < 1.29 is 9.72 Å². The summed E-state index contributed by atoms with van der Waals surface area (Å²) < 4.78 is 1.49. The molecule has 3 aromatic rings. The average molecular weight is 437 g/mol. The summed E-state index contributed by atoms with van der Waals surface area (Å²) in [4.78, 5) is 29.9. The van der Waals surface area contributed by atoms with Gasteiger partial charge in [0.05, 0.1) is 16.6 Å². The number of rotatable bonds is 6. The van der Waals surface area contributed by atoms with Gasteiger partial charge < -0.3 is 20.1 Å². The minimum absolute atomic E-state index is 0.0522. The van der Waals surface area contributed by atoms with Crippen molar-refractivity contribution in [2.24, 2.45) is 7.05 Å². The number of amides is 1. The highest BCUT2D eigenvalue weighted by Crippen LogP contribution is 2.29. The molecule has 1 aromatic carbocycles. The molecule has 1 fully saturated rings. The van der Waals surface area contributed by atoms with Gasteiger partial charge in [0.25, 0.3) is 11.6 Å². The molecule has 0 bridgehead atoms. The quantitative estimate of drug-likeness (QED) is 0.451. The maximum atomic E-state index is 12.6. The second-order valence-electron chi connectivity index (χ2n) is 8.56. The molecule has 2 aromatic heterocycles. The van der Waals surface area contributed by atoms with Gasteiger partial charge in [0, 0.05) is 56.4 Å². The lowest BCUT2D eigenvalue weighted by atomic mass is 9.91. The summed E-state index contributed by atoms with van der Waals surface area (Å²) in [7, 11) is 5.70. The molecule has 9 heteroatoms. The van der Waals surface area contributed by atoms with Crippen molar-refractivity contribution in [3.8, 4) is 0 Å². The van der Waals surface area contributed by atoms with Crippen LogP contribution in [0.3, 0.4) is 0 Å². The number of carbonyl (C=O) groups excluding carboxylic acids is 1. The molecular formula is C23H28N6O3. The molecule has 2 N–H and O–H groups in total. The smallest absolute Gasteiger partial charge is 0.287 e. The zero-order valence-corrected chi connectivity index (χ0v) is 18.5. The van der Waals surface area contributed by atoms with E-state index in [0.717, 1.165) is 48.1 Å². The lowest BCUT2D eigenvalue weighted by Gasteiger charge is -2.30. The van der Waals surface area contributed by atoms with Gasteiger partial charge in [-0.25, -0.2) is 4.98 Å². The highest BCUT2D eigenvalue weighted by molar-refractivity contribution is 5.94. The monoisotopic (exact) mass is 436 g/mol. The maximum Gasteiger partial charge on any atom is 0.287 e. The van der Waals surface area contributed by atoms with Gasteiger partial charge in [0.1, 0.15) is 11.5 Å². The lowest BCUT2D eigenvalue weighted by Crippen LogP contribution is -2.40. The number of anilines is 2. The number of aromatic nitrogens is 2. The van der Waals surface area contributed by atoms with Gasteiger partial charge >= 0.3 is 0 Å². The molecule has 2 heterocycles. The first kappa shape index (κ1) is 21.6. The summed E-state index contributed by atoms with van der Waals surface area (Å²) in [6, 6.07) is 11.8. The fourth-order valence-corrected chi connectivity index (χ4v) is 4.32. The fourth-order valence-electron chi connectivity index (χ4n) is 4.32. The average Bonchev–Trinajstić information content (AvgIpc) is 3.16. The molecule has 9 nitrogen and oxygen atoms in total. The summed E-state index contributed by atoms with van der Waals surface area (Å²) in [5, 5.41) is 18.7. The van der Waals surface area contributed by atoms with Crippen molar-refractivity contribution in [2.45, 2.75) is 37.8 Å². The first-order valence-corrected chi connectivity index (χ1v) is 10.8. The van der Waals surface area contributed by atoms with Crippen molar-refractivity contribution >= 4 is 34.0 Å². The predicted octanol–water partition coefficient (Wildman–Crippen LogP) is 3.70. The molecule has 0 saturated heterocycles. The van der Waals surface area contributed by atoms with Crippen LogP contribution in [0.15, 0.2) is 42.6 Å². The molecule has 0 aliphatic heterocycles. The molecule has 1 aliphatic rings. The SMILES string of the molecule is CN(C)c1cc(N[C@H]2CC[C@@H](NC(=O)c3cc([N+](=O)[O-])cn3C)CC2)nc2ccccc12. The van der Waals surface area contributed by atoms with E-state index in [9.17, 15) is 14.9 Å². The molecular weight excluding hydrogens is 408 g/mol. The van der Waals surface area contributed by atoms with E-state index in [4.69, 9.17) is 4.98 Å². The topological polar surface area (TPSA) is 105 Å². The fraction of sp³-hybridized carbons (Fsp3) is 0.391. The molecule has 32 heavy (non-hydrogen) atoms.